The fourth-order valence-electron chi connectivity index (χ4n) is 4.00. The zero-order chi connectivity index (χ0) is 31.8. The largest absolute Gasteiger partial charge is 0.449 e. The number of amides is 2. The van der Waals surface area contributed by atoms with Crippen molar-refractivity contribution in [1.29, 1.82) is 0 Å². The summed E-state index contributed by atoms with van der Waals surface area (Å²) in [5, 5.41) is 24.0. The Morgan fingerprint density at radius 3 is 1.23 bits per heavy atom. The third kappa shape index (κ3) is 5.74. The van der Waals surface area contributed by atoms with Gasteiger partial charge in [0, 0.05) is 23.3 Å². The highest BCUT2D eigenvalue weighted by molar-refractivity contribution is 7.90. The molecule has 5 rings (SSSR count). The lowest BCUT2D eigenvalue weighted by Crippen LogP contribution is -2.34. The Morgan fingerprint density at radius 2 is 0.909 bits per heavy atom. The van der Waals surface area contributed by atoms with Crippen LogP contribution in [0.2, 0.25) is 0 Å². The molecule has 224 valence electrons. The van der Waals surface area contributed by atoms with E-state index in [1.165, 1.54) is 48.5 Å². The van der Waals surface area contributed by atoms with Crippen LogP contribution in [0.4, 0.5) is 11.4 Å². The normalized spacial score (nSPS) is 15.0. The van der Waals surface area contributed by atoms with E-state index in [9.17, 15) is 46.7 Å². The first-order chi connectivity index (χ1) is 20.8. The maximum atomic E-state index is 13.5. The maximum Gasteiger partial charge on any atom is 0.313 e. The van der Waals surface area contributed by atoms with Crippen molar-refractivity contribution in [2.24, 2.45) is 0 Å². The molecule has 2 N–H and O–H groups in total. The summed E-state index contributed by atoms with van der Waals surface area (Å²) >= 11 is 0. The van der Waals surface area contributed by atoms with Crippen LogP contribution in [0.1, 0.15) is 20.7 Å². The SMILES string of the molecule is O=C1NS(=O)(=O)c2cc(cc([N+](=O)[O-])c2Oc2ccccc2)C(=O)NS(=O)(=O)c2cc1cc([N+](=O)[O-])c2Oc1ccccc1. The number of carbonyl (C=O) groups excluding carboxylic acids is 2. The molecule has 44 heavy (non-hydrogen) atoms. The summed E-state index contributed by atoms with van der Waals surface area (Å²) in [6, 6.07) is 16.7. The van der Waals surface area contributed by atoms with Gasteiger partial charge in [-0.15, -0.1) is 0 Å². The zero-order valence-corrected chi connectivity index (χ0v) is 23.3. The first-order valence-electron chi connectivity index (χ1n) is 12.0. The summed E-state index contributed by atoms with van der Waals surface area (Å²) in [5.74, 6) is -5.04. The van der Waals surface area contributed by atoms with E-state index in [1.807, 2.05) is 0 Å². The van der Waals surface area contributed by atoms with Crippen molar-refractivity contribution in [2.75, 3.05) is 0 Å². The second-order valence-corrected chi connectivity index (χ2v) is 12.2. The predicted molar refractivity (Wildman–Crippen MR) is 149 cm³/mol. The molecular weight excluding hydrogens is 624 g/mol. The number of benzene rings is 4. The van der Waals surface area contributed by atoms with Crippen LogP contribution in [0.25, 0.3) is 0 Å². The highest BCUT2D eigenvalue weighted by atomic mass is 32.2. The molecule has 1 aliphatic rings. The molecule has 18 heteroatoms. The number of nitrogens with one attached hydrogen (secondary N) is 2. The van der Waals surface area contributed by atoms with Crippen molar-refractivity contribution >= 4 is 43.2 Å². The third-order valence-corrected chi connectivity index (χ3v) is 8.62. The van der Waals surface area contributed by atoms with Crippen LogP contribution in [0.15, 0.2) is 94.7 Å². The van der Waals surface area contributed by atoms with Crippen molar-refractivity contribution in [2.45, 2.75) is 9.79 Å². The van der Waals surface area contributed by atoms with Crippen LogP contribution in [0, 0.1) is 20.2 Å². The molecule has 0 aromatic heterocycles. The lowest BCUT2D eigenvalue weighted by atomic mass is 10.1. The van der Waals surface area contributed by atoms with Gasteiger partial charge in [-0.2, -0.15) is 0 Å². The Kier molecular flexibility index (Phi) is 7.45. The number of para-hydroxylation sites is 2. The van der Waals surface area contributed by atoms with Crippen LogP contribution in [-0.2, 0) is 20.0 Å². The quantitative estimate of drug-likeness (QED) is 0.227. The molecule has 0 spiro atoms. The van der Waals surface area contributed by atoms with Gasteiger partial charge in [-0.05, 0) is 36.4 Å². The minimum absolute atomic E-state index is 0.0615. The van der Waals surface area contributed by atoms with Crippen LogP contribution in [0.5, 0.6) is 23.0 Å². The lowest BCUT2D eigenvalue weighted by molar-refractivity contribution is -0.386. The van der Waals surface area contributed by atoms with Gasteiger partial charge in [-0.3, -0.25) is 29.8 Å². The molecule has 16 nitrogen and oxygen atoms in total. The van der Waals surface area contributed by atoms with E-state index < -0.39 is 85.5 Å². The Labute approximate surface area is 247 Å². The summed E-state index contributed by atoms with van der Waals surface area (Å²) in [6.07, 6.45) is 0. The van der Waals surface area contributed by atoms with Gasteiger partial charge < -0.3 is 9.47 Å². The Hall–Kier alpha value is -5.88. The monoisotopic (exact) mass is 640 g/mol. The molecule has 1 heterocycles. The highest BCUT2D eigenvalue weighted by Gasteiger charge is 2.37. The van der Waals surface area contributed by atoms with E-state index in [1.54, 1.807) is 21.6 Å². The van der Waals surface area contributed by atoms with Crippen molar-refractivity contribution in [3.63, 3.8) is 0 Å². The zero-order valence-electron chi connectivity index (χ0n) is 21.7. The van der Waals surface area contributed by atoms with Crippen LogP contribution in [0.3, 0.4) is 0 Å². The number of fused-ring (bicyclic) bond motifs is 4. The maximum absolute atomic E-state index is 13.5. The minimum Gasteiger partial charge on any atom is -0.449 e. The fourth-order valence-corrected chi connectivity index (χ4v) is 6.29. The van der Waals surface area contributed by atoms with Crippen molar-refractivity contribution in [1.82, 2.24) is 9.44 Å². The summed E-state index contributed by atoms with van der Waals surface area (Å²) in [6.45, 7) is 0. The number of rotatable bonds is 6. The van der Waals surface area contributed by atoms with Gasteiger partial charge in [-0.25, -0.2) is 26.3 Å². The van der Waals surface area contributed by atoms with Gasteiger partial charge in [0.15, 0.2) is 0 Å². The van der Waals surface area contributed by atoms with Gasteiger partial charge in [0.2, 0.25) is 11.5 Å². The van der Waals surface area contributed by atoms with Gasteiger partial charge >= 0.3 is 11.4 Å². The van der Waals surface area contributed by atoms with Crippen LogP contribution in [-0.4, -0.2) is 38.5 Å². The van der Waals surface area contributed by atoms with E-state index >= 15 is 0 Å². The number of nitro benzene ring substituents is 2. The first kappa shape index (κ1) is 29.6. The first-order valence-corrected chi connectivity index (χ1v) is 15.0. The number of ether oxygens (including phenoxy) is 2. The van der Waals surface area contributed by atoms with Gasteiger partial charge in [0.25, 0.3) is 31.9 Å². The van der Waals surface area contributed by atoms with E-state index in [2.05, 4.69) is 0 Å². The predicted octanol–water partition coefficient (Wildman–Crippen LogP) is 3.64. The molecule has 4 aromatic rings. The van der Waals surface area contributed by atoms with Crippen molar-refractivity contribution in [3.05, 3.63) is 116 Å². The lowest BCUT2D eigenvalue weighted by Gasteiger charge is -2.17. The summed E-state index contributed by atoms with van der Waals surface area (Å²) in [7, 11) is -10.3. The van der Waals surface area contributed by atoms with Crippen molar-refractivity contribution < 1.29 is 45.7 Å². The molecular formula is C26H16N4O12S2. The van der Waals surface area contributed by atoms with E-state index in [-0.39, 0.29) is 11.5 Å². The van der Waals surface area contributed by atoms with Gasteiger partial charge in [0.05, 0.1) is 9.85 Å². The molecule has 0 aliphatic carbocycles. The van der Waals surface area contributed by atoms with Gasteiger partial charge in [0.1, 0.15) is 21.3 Å². The topological polar surface area (TPSA) is 231 Å². The second-order valence-electron chi connectivity index (χ2n) is 8.86. The Bertz CT molecular complexity index is 1940. The minimum atomic E-state index is -5.14. The van der Waals surface area contributed by atoms with Crippen molar-refractivity contribution in [3.8, 4) is 23.0 Å². The number of carbonyl (C=O) groups is 2. The summed E-state index contributed by atoms with van der Waals surface area (Å²) < 4.78 is 68.2. The smallest absolute Gasteiger partial charge is 0.313 e. The molecule has 4 bridgehead atoms. The summed E-state index contributed by atoms with van der Waals surface area (Å²) in [5.41, 5.74) is -3.81. The fraction of sp³-hybridized carbons (Fsp3) is 0. The number of nitrogens with zero attached hydrogens (tertiary/aromatic N) is 2. The van der Waals surface area contributed by atoms with Gasteiger partial charge in [-0.1, -0.05) is 36.4 Å². The van der Waals surface area contributed by atoms with Crippen LogP contribution < -0.4 is 18.9 Å². The molecule has 1 aliphatic heterocycles. The molecule has 0 fully saturated rings. The van der Waals surface area contributed by atoms with E-state index in [4.69, 9.17) is 9.47 Å². The Balaban J connectivity index is 1.76. The standard InChI is InChI=1S/C26H16N4O12S2/c31-25-15-11-19(29(33)34)23(41-17-7-3-1-4-8-17)21(13-15)43(37,38)27-26(32)16-12-20(30(35)36)24(22(14-16)44(39,40)28-25)42-18-9-5-2-6-10-18/h1-14H,(H,27,32)(H,28,31). The molecule has 0 unspecified atom stereocenters. The molecule has 0 saturated carbocycles. The Morgan fingerprint density at radius 1 is 0.568 bits per heavy atom. The molecule has 0 saturated heterocycles. The van der Waals surface area contributed by atoms with Crippen LogP contribution >= 0.6 is 0 Å². The third-order valence-electron chi connectivity index (χ3n) is 5.95. The second kappa shape index (κ2) is 11.1. The molecule has 0 atom stereocenters. The van der Waals surface area contributed by atoms with E-state index in [0.29, 0.717) is 24.3 Å². The average Bonchev–Trinajstić information content (AvgIpc) is 2.97. The number of hydrogen-bond acceptors (Lipinski definition) is 12. The average molecular weight is 641 g/mol. The summed E-state index contributed by atoms with van der Waals surface area (Å²) in [4.78, 5) is 46.1. The number of nitro groups is 2. The molecule has 4 aromatic carbocycles. The molecule has 0 radical (unpaired) electrons. The highest BCUT2D eigenvalue weighted by Crippen LogP contribution is 2.41. The van der Waals surface area contributed by atoms with E-state index in [0.717, 1.165) is 0 Å². The number of sulfonamides is 2. The molecule has 2 amide bonds. The number of hydrogen-bond donors (Lipinski definition) is 2.